The number of hydrogen-bond acceptors (Lipinski definition) is 7. The molecule has 0 unspecified atom stereocenters. The maximum Gasteiger partial charge on any atom is 0.185 e. The van der Waals surface area contributed by atoms with Gasteiger partial charge in [-0.3, -0.25) is 4.79 Å². The zero-order chi connectivity index (χ0) is 26.2. The van der Waals surface area contributed by atoms with Crippen LogP contribution in [-0.4, -0.2) is 61.8 Å². The average Bonchev–Trinajstić information content (AvgIpc) is 3.58. The number of ether oxygens (including phenoxy) is 2. The van der Waals surface area contributed by atoms with Gasteiger partial charge in [-0.15, -0.1) is 0 Å². The van der Waals surface area contributed by atoms with Crippen LogP contribution in [0.4, 0.5) is 20.2 Å². The van der Waals surface area contributed by atoms with E-state index >= 15 is 4.39 Å². The van der Waals surface area contributed by atoms with Crippen molar-refractivity contribution < 1.29 is 23.0 Å². The molecule has 0 spiro atoms. The van der Waals surface area contributed by atoms with Gasteiger partial charge in [0.05, 0.1) is 31.6 Å². The Bertz CT molecular complexity index is 1360. The Balaban J connectivity index is 1.34. The molecule has 9 heteroatoms. The highest BCUT2D eigenvalue weighted by Crippen LogP contribution is 2.43. The summed E-state index contributed by atoms with van der Waals surface area (Å²) in [4.78, 5) is 26.4. The van der Waals surface area contributed by atoms with E-state index in [9.17, 15) is 9.18 Å². The van der Waals surface area contributed by atoms with E-state index in [2.05, 4.69) is 14.9 Å². The largest absolute Gasteiger partial charge is 0.496 e. The third-order valence-corrected chi connectivity index (χ3v) is 7.93. The molecule has 3 aromatic rings. The summed E-state index contributed by atoms with van der Waals surface area (Å²) in [5.74, 6) is -0.185. The van der Waals surface area contributed by atoms with Crippen LogP contribution in [-0.2, 0) is 11.2 Å². The molecule has 1 aliphatic carbocycles. The summed E-state index contributed by atoms with van der Waals surface area (Å²) in [7, 11) is 1.44. The molecular weight excluding hydrogens is 490 g/mol. The summed E-state index contributed by atoms with van der Waals surface area (Å²) < 4.78 is 40.8. The number of morpholine rings is 1. The molecule has 2 atom stereocenters. The summed E-state index contributed by atoms with van der Waals surface area (Å²) in [5.41, 5.74) is 2.35. The molecule has 3 fully saturated rings. The van der Waals surface area contributed by atoms with E-state index in [0.717, 1.165) is 25.1 Å². The second-order valence-electron chi connectivity index (χ2n) is 10.2. The topological polar surface area (TPSA) is 67.8 Å². The minimum Gasteiger partial charge on any atom is -0.496 e. The van der Waals surface area contributed by atoms with Crippen molar-refractivity contribution in [1.82, 2.24) is 9.97 Å². The fraction of sp³-hybridized carbons (Fsp3) is 0.414. The molecule has 3 heterocycles. The minimum atomic E-state index is -0.541. The first-order valence-corrected chi connectivity index (χ1v) is 13.1. The lowest BCUT2D eigenvalue weighted by molar-refractivity contribution is 0.0988. The Morgan fingerprint density at radius 3 is 2.68 bits per heavy atom. The van der Waals surface area contributed by atoms with Crippen LogP contribution in [0.3, 0.4) is 0 Å². The van der Waals surface area contributed by atoms with Crippen molar-refractivity contribution in [3.05, 3.63) is 65.5 Å². The van der Waals surface area contributed by atoms with Crippen molar-refractivity contribution in [2.75, 3.05) is 49.8 Å². The number of piperidine rings is 1. The van der Waals surface area contributed by atoms with Crippen LogP contribution in [0.2, 0.25) is 0 Å². The summed E-state index contributed by atoms with van der Waals surface area (Å²) in [6.45, 7) is 3.30. The number of anilines is 2. The maximum atomic E-state index is 15.5. The SMILES string of the molecule is COc1cccc(F)c1-c1nccc(C(=O)Cc2cc(F)c(N3CCOCC3)cc2N2C[C@H]3CC[C@@H]2C3)n1. The van der Waals surface area contributed by atoms with Gasteiger partial charge in [-0.2, -0.15) is 0 Å². The first-order valence-electron chi connectivity index (χ1n) is 13.1. The first-order chi connectivity index (χ1) is 18.5. The van der Waals surface area contributed by atoms with Crippen molar-refractivity contribution in [3.8, 4) is 17.1 Å². The van der Waals surface area contributed by atoms with E-state index in [1.165, 1.54) is 44.0 Å². The Kier molecular flexibility index (Phi) is 6.69. The quantitative estimate of drug-likeness (QED) is 0.419. The number of carbonyl (C=O) groups excluding carboxylic acids is 1. The lowest BCUT2D eigenvalue weighted by Crippen LogP contribution is -2.37. The number of aromatic nitrogens is 2. The number of nitrogens with zero attached hydrogens (tertiary/aromatic N) is 4. The molecule has 1 saturated carbocycles. The molecule has 198 valence electrons. The van der Waals surface area contributed by atoms with Gasteiger partial charge in [-0.1, -0.05) is 6.07 Å². The second-order valence-corrected chi connectivity index (χ2v) is 10.2. The summed E-state index contributed by atoms with van der Waals surface area (Å²) in [6, 6.07) is 9.79. The molecule has 2 bridgehead atoms. The average molecular weight is 521 g/mol. The highest BCUT2D eigenvalue weighted by Gasteiger charge is 2.39. The number of methoxy groups -OCH3 is 1. The van der Waals surface area contributed by atoms with Gasteiger partial charge >= 0.3 is 0 Å². The van der Waals surface area contributed by atoms with E-state index in [-0.39, 0.29) is 40.9 Å². The van der Waals surface area contributed by atoms with Crippen molar-refractivity contribution in [2.45, 2.75) is 31.7 Å². The van der Waals surface area contributed by atoms with Crippen molar-refractivity contribution in [3.63, 3.8) is 0 Å². The smallest absolute Gasteiger partial charge is 0.185 e. The van der Waals surface area contributed by atoms with Gasteiger partial charge in [0, 0.05) is 44.0 Å². The number of ketones is 1. The fourth-order valence-corrected chi connectivity index (χ4v) is 6.06. The first kappa shape index (κ1) is 24.7. The Labute approximate surface area is 220 Å². The molecule has 1 aromatic heterocycles. The predicted molar refractivity (Wildman–Crippen MR) is 140 cm³/mol. The van der Waals surface area contributed by atoms with Crippen LogP contribution in [0.25, 0.3) is 11.4 Å². The highest BCUT2D eigenvalue weighted by atomic mass is 19.1. The van der Waals surface area contributed by atoms with Crippen LogP contribution in [0.5, 0.6) is 5.75 Å². The monoisotopic (exact) mass is 520 g/mol. The zero-order valence-corrected chi connectivity index (χ0v) is 21.3. The molecule has 2 aromatic carbocycles. The van der Waals surface area contributed by atoms with Gasteiger partial charge in [0.1, 0.15) is 23.1 Å². The molecular formula is C29H30F2N4O3. The third-order valence-electron chi connectivity index (χ3n) is 7.93. The standard InChI is InChI=1S/C29H30F2N4O3/c1-37-27-4-2-3-21(30)28(27)29-32-8-7-23(33-29)26(36)15-19-14-22(31)25(34-9-11-38-12-10-34)16-24(19)35-17-18-5-6-20(35)13-18/h2-4,7-8,14,16,18,20H,5-6,9-13,15,17H2,1H3/t18-,20+/m0/s1. The number of Topliss-reactive ketones (excluding diaryl/α,β-unsaturated/α-hetero) is 1. The molecule has 0 amide bonds. The van der Waals surface area contributed by atoms with Gasteiger partial charge in [0.15, 0.2) is 11.6 Å². The number of benzene rings is 2. The number of rotatable bonds is 7. The Hall–Kier alpha value is -3.59. The fourth-order valence-electron chi connectivity index (χ4n) is 6.06. The highest BCUT2D eigenvalue weighted by molar-refractivity contribution is 5.97. The minimum absolute atomic E-state index is 0.0195. The number of hydrogen-bond donors (Lipinski definition) is 0. The molecule has 0 N–H and O–H groups in total. The van der Waals surface area contributed by atoms with Crippen molar-refractivity contribution in [1.29, 1.82) is 0 Å². The van der Waals surface area contributed by atoms with Gasteiger partial charge in [0.25, 0.3) is 0 Å². The molecule has 6 rings (SSSR count). The van der Waals surface area contributed by atoms with Gasteiger partial charge in [-0.25, -0.2) is 18.7 Å². The number of carbonyl (C=O) groups is 1. The van der Waals surface area contributed by atoms with Crippen LogP contribution in [0, 0.1) is 17.6 Å². The van der Waals surface area contributed by atoms with Crippen molar-refractivity contribution >= 4 is 17.2 Å². The van der Waals surface area contributed by atoms with Crippen LogP contribution < -0.4 is 14.5 Å². The van der Waals surface area contributed by atoms with Crippen LogP contribution in [0.1, 0.15) is 35.3 Å². The van der Waals surface area contributed by atoms with E-state index in [4.69, 9.17) is 9.47 Å². The summed E-state index contributed by atoms with van der Waals surface area (Å²) >= 11 is 0. The Morgan fingerprint density at radius 1 is 1.11 bits per heavy atom. The molecule has 7 nitrogen and oxygen atoms in total. The van der Waals surface area contributed by atoms with E-state index in [0.29, 0.717) is 49.5 Å². The van der Waals surface area contributed by atoms with Crippen LogP contribution >= 0.6 is 0 Å². The van der Waals surface area contributed by atoms with E-state index in [1.54, 1.807) is 6.07 Å². The molecule has 0 radical (unpaired) electrons. The van der Waals surface area contributed by atoms with Gasteiger partial charge in [-0.05, 0) is 61.1 Å². The number of fused-ring (bicyclic) bond motifs is 2. The van der Waals surface area contributed by atoms with Crippen molar-refractivity contribution in [2.24, 2.45) is 5.92 Å². The lowest BCUT2D eigenvalue weighted by atomic mass is 10.0. The molecule has 2 aliphatic heterocycles. The van der Waals surface area contributed by atoms with Gasteiger partial charge in [0.2, 0.25) is 0 Å². The Morgan fingerprint density at radius 2 is 1.95 bits per heavy atom. The third kappa shape index (κ3) is 4.60. The number of halogens is 2. The zero-order valence-electron chi connectivity index (χ0n) is 21.3. The van der Waals surface area contributed by atoms with Crippen LogP contribution in [0.15, 0.2) is 42.6 Å². The van der Waals surface area contributed by atoms with Gasteiger partial charge < -0.3 is 19.3 Å². The lowest BCUT2D eigenvalue weighted by Gasteiger charge is -2.34. The summed E-state index contributed by atoms with van der Waals surface area (Å²) in [5, 5.41) is 0. The second kappa shape index (κ2) is 10.3. The van der Waals surface area contributed by atoms with E-state index in [1.807, 2.05) is 11.0 Å². The maximum absolute atomic E-state index is 15.5. The summed E-state index contributed by atoms with van der Waals surface area (Å²) in [6.07, 6.45) is 4.88. The van der Waals surface area contributed by atoms with E-state index < -0.39 is 5.82 Å². The molecule has 2 saturated heterocycles. The normalized spacial score (nSPS) is 20.7. The molecule has 3 aliphatic rings. The molecule has 38 heavy (non-hydrogen) atoms. The predicted octanol–water partition coefficient (Wildman–Crippen LogP) is 4.68.